The van der Waals surface area contributed by atoms with Gasteiger partial charge < -0.3 is 15.2 Å². The van der Waals surface area contributed by atoms with Crippen LogP contribution >= 0.6 is 0 Å². The third kappa shape index (κ3) is 2.47. The Balaban J connectivity index is 2.13. The molecular formula is C16H20FNO4. The Hall–Kier alpha value is -1.95. The lowest BCUT2D eigenvalue weighted by Crippen LogP contribution is -2.68. The second-order valence-electron chi connectivity index (χ2n) is 6.39. The van der Waals surface area contributed by atoms with Gasteiger partial charge in [0.2, 0.25) is 0 Å². The Bertz CT molecular complexity index is 629. The molecule has 2 rings (SSSR count). The largest absolute Gasteiger partial charge is 0.478 e. The minimum absolute atomic E-state index is 0.136. The number of halogens is 1. The smallest absolute Gasteiger partial charge is 0.335 e. The topological polar surface area (TPSA) is 75.6 Å². The summed E-state index contributed by atoms with van der Waals surface area (Å²) < 4.78 is 19.4. The van der Waals surface area contributed by atoms with E-state index in [0.29, 0.717) is 6.42 Å². The predicted molar refractivity (Wildman–Crippen MR) is 78.4 cm³/mol. The van der Waals surface area contributed by atoms with Crippen molar-refractivity contribution in [2.24, 2.45) is 5.41 Å². The number of hydrogen-bond donors (Lipinski definition) is 2. The third-order valence-corrected chi connectivity index (χ3v) is 5.04. The van der Waals surface area contributed by atoms with Crippen LogP contribution in [0.3, 0.4) is 0 Å². The molecule has 22 heavy (non-hydrogen) atoms. The minimum atomic E-state index is -1.23. The number of hydrogen-bond acceptors (Lipinski definition) is 3. The van der Waals surface area contributed by atoms with Crippen molar-refractivity contribution >= 4 is 11.9 Å². The molecule has 2 atom stereocenters. The van der Waals surface area contributed by atoms with Crippen LogP contribution in [0.1, 0.15) is 47.9 Å². The molecule has 2 N–H and O–H groups in total. The maximum absolute atomic E-state index is 13.9. The molecule has 1 fully saturated rings. The van der Waals surface area contributed by atoms with E-state index < -0.39 is 17.7 Å². The van der Waals surface area contributed by atoms with E-state index in [1.54, 1.807) is 7.11 Å². The number of carboxylic acids is 1. The molecular weight excluding hydrogens is 289 g/mol. The lowest BCUT2D eigenvalue weighted by molar-refractivity contribution is -0.177. The standard InChI is InChI=1S/C16H20FNO4/c1-15(2)12(8-16(15,3)22-4)18-13(19)10-6-5-9(14(20)21)7-11(10)17/h5-7,12H,8H2,1-4H3,(H,18,19)(H,20,21). The fourth-order valence-electron chi connectivity index (χ4n) is 2.79. The zero-order valence-electron chi connectivity index (χ0n) is 13.1. The molecule has 0 aromatic heterocycles. The molecule has 0 bridgehead atoms. The fourth-order valence-corrected chi connectivity index (χ4v) is 2.79. The molecule has 0 heterocycles. The summed E-state index contributed by atoms with van der Waals surface area (Å²) in [6.07, 6.45) is 0.636. The van der Waals surface area contributed by atoms with Gasteiger partial charge >= 0.3 is 5.97 Å². The van der Waals surface area contributed by atoms with Crippen LogP contribution in [-0.4, -0.2) is 35.7 Å². The molecule has 1 aliphatic rings. The molecule has 120 valence electrons. The second kappa shape index (κ2) is 5.35. The third-order valence-electron chi connectivity index (χ3n) is 5.04. The van der Waals surface area contributed by atoms with Crippen molar-refractivity contribution in [1.82, 2.24) is 5.32 Å². The van der Waals surface area contributed by atoms with Crippen LogP contribution in [-0.2, 0) is 4.74 Å². The van der Waals surface area contributed by atoms with Crippen LogP contribution in [0.2, 0.25) is 0 Å². The number of carbonyl (C=O) groups is 2. The summed E-state index contributed by atoms with van der Waals surface area (Å²) in [5, 5.41) is 11.6. The van der Waals surface area contributed by atoms with Gasteiger partial charge in [-0.25, -0.2) is 9.18 Å². The number of rotatable bonds is 4. The average Bonchev–Trinajstić information content (AvgIpc) is 2.45. The summed E-state index contributed by atoms with van der Waals surface area (Å²) in [6.45, 7) is 5.93. The summed E-state index contributed by atoms with van der Waals surface area (Å²) >= 11 is 0. The Morgan fingerprint density at radius 2 is 2.00 bits per heavy atom. The number of benzene rings is 1. The number of amides is 1. The first kappa shape index (κ1) is 16.4. The van der Waals surface area contributed by atoms with E-state index >= 15 is 0 Å². The Kier molecular flexibility index (Phi) is 4.00. The first-order chi connectivity index (χ1) is 10.1. The number of nitrogens with one attached hydrogen (secondary N) is 1. The minimum Gasteiger partial charge on any atom is -0.478 e. The predicted octanol–water partition coefficient (Wildman–Crippen LogP) is 2.46. The highest BCUT2D eigenvalue weighted by atomic mass is 19.1. The molecule has 0 radical (unpaired) electrons. The Morgan fingerprint density at radius 3 is 2.45 bits per heavy atom. The van der Waals surface area contributed by atoms with Crippen molar-refractivity contribution in [3.05, 3.63) is 35.1 Å². The van der Waals surface area contributed by atoms with E-state index in [0.717, 1.165) is 6.07 Å². The van der Waals surface area contributed by atoms with E-state index in [-0.39, 0.29) is 28.2 Å². The van der Waals surface area contributed by atoms with Gasteiger partial charge in [0.1, 0.15) is 5.82 Å². The number of aromatic carboxylic acids is 1. The zero-order valence-corrected chi connectivity index (χ0v) is 13.1. The van der Waals surface area contributed by atoms with Crippen LogP contribution in [0.5, 0.6) is 0 Å². The maximum Gasteiger partial charge on any atom is 0.335 e. The number of methoxy groups -OCH3 is 1. The number of ether oxygens (including phenoxy) is 1. The molecule has 1 aliphatic carbocycles. The summed E-state index contributed by atoms with van der Waals surface area (Å²) in [6, 6.07) is 3.12. The number of carboxylic acid groups (broad SMARTS) is 1. The van der Waals surface area contributed by atoms with Gasteiger partial charge in [0, 0.05) is 18.6 Å². The molecule has 5 nitrogen and oxygen atoms in total. The average molecular weight is 309 g/mol. The normalized spacial score (nSPS) is 26.1. The molecule has 1 aromatic rings. The lowest BCUT2D eigenvalue weighted by atomic mass is 9.56. The van der Waals surface area contributed by atoms with Crippen molar-refractivity contribution in [3.8, 4) is 0 Å². The number of carbonyl (C=O) groups excluding carboxylic acids is 1. The fraction of sp³-hybridized carbons (Fsp3) is 0.500. The van der Waals surface area contributed by atoms with Crippen LogP contribution < -0.4 is 5.32 Å². The zero-order chi connectivity index (χ0) is 16.7. The molecule has 6 heteroatoms. The molecule has 2 unspecified atom stereocenters. The van der Waals surface area contributed by atoms with E-state index in [2.05, 4.69) is 5.32 Å². The van der Waals surface area contributed by atoms with Crippen molar-refractivity contribution in [2.75, 3.05) is 7.11 Å². The van der Waals surface area contributed by atoms with Crippen molar-refractivity contribution in [2.45, 2.75) is 38.8 Å². The first-order valence-electron chi connectivity index (χ1n) is 7.01. The van der Waals surface area contributed by atoms with Crippen molar-refractivity contribution in [3.63, 3.8) is 0 Å². The van der Waals surface area contributed by atoms with Gasteiger partial charge in [-0.05, 0) is 31.5 Å². The monoisotopic (exact) mass is 309 g/mol. The Morgan fingerprint density at radius 1 is 1.36 bits per heavy atom. The van der Waals surface area contributed by atoms with Crippen molar-refractivity contribution < 1.29 is 23.8 Å². The van der Waals surface area contributed by atoms with Gasteiger partial charge in [0.15, 0.2) is 0 Å². The van der Waals surface area contributed by atoms with Gasteiger partial charge in [0.25, 0.3) is 5.91 Å². The van der Waals surface area contributed by atoms with Gasteiger partial charge in [-0.3, -0.25) is 4.79 Å². The summed E-state index contributed by atoms with van der Waals surface area (Å²) in [7, 11) is 1.63. The summed E-state index contributed by atoms with van der Waals surface area (Å²) in [5.41, 5.74) is -0.970. The van der Waals surface area contributed by atoms with Crippen LogP contribution in [0.15, 0.2) is 18.2 Å². The van der Waals surface area contributed by atoms with Crippen molar-refractivity contribution in [1.29, 1.82) is 0 Å². The van der Waals surface area contributed by atoms with Gasteiger partial charge in [-0.2, -0.15) is 0 Å². The van der Waals surface area contributed by atoms with Crippen LogP contribution in [0.25, 0.3) is 0 Å². The second-order valence-corrected chi connectivity index (χ2v) is 6.39. The van der Waals surface area contributed by atoms with E-state index in [1.165, 1.54) is 12.1 Å². The van der Waals surface area contributed by atoms with Gasteiger partial charge in [-0.1, -0.05) is 13.8 Å². The molecule has 0 saturated heterocycles. The molecule has 1 amide bonds. The molecule has 1 saturated carbocycles. The summed E-state index contributed by atoms with van der Waals surface area (Å²) in [5.74, 6) is -2.63. The SMILES string of the molecule is COC1(C)CC(NC(=O)c2ccc(C(=O)O)cc2F)C1(C)C. The van der Waals surface area contributed by atoms with Gasteiger partial charge in [-0.15, -0.1) is 0 Å². The molecule has 0 aliphatic heterocycles. The van der Waals surface area contributed by atoms with E-state index in [9.17, 15) is 14.0 Å². The van der Waals surface area contributed by atoms with Crippen LogP contribution in [0, 0.1) is 11.2 Å². The first-order valence-corrected chi connectivity index (χ1v) is 7.01. The molecule has 1 aromatic carbocycles. The lowest BCUT2D eigenvalue weighted by Gasteiger charge is -2.59. The quantitative estimate of drug-likeness (QED) is 0.896. The summed E-state index contributed by atoms with van der Waals surface area (Å²) in [4.78, 5) is 23.0. The Labute approximate surface area is 128 Å². The highest BCUT2D eigenvalue weighted by molar-refractivity contribution is 5.96. The van der Waals surface area contributed by atoms with E-state index in [1.807, 2.05) is 20.8 Å². The molecule has 0 spiro atoms. The maximum atomic E-state index is 13.9. The van der Waals surface area contributed by atoms with Crippen LogP contribution in [0.4, 0.5) is 4.39 Å². The highest BCUT2D eigenvalue weighted by Gasteiger charge is 2.58. The van der Waals surface area contributed by atoms with E-state index in [4.69, 9.17) is 9.84 Å². The highest BCUT2D eigenvalue weighted by Crippen LogP contribution is 2.51. The van der Waals surface area contributed by atoms with Gasteiger partial charge in [0.05, 0.1) is 16.7 Å².